The van der Waals surface area contributed by atoms with E-state index in [0.717, 1.165) is 0 Å². The molecule has 0 rings (SSSR count). The second-order valence-corrected chi connectivity index (χ2v) is 4.45. The third-order valence-corrected chi connectivity index (χ3v) is 2.49. The number of carbonyl (C=O) groups excluding carboxylic acids is 1. The van der Waals surface area contributed by atoms with Crippen molar-refractivity contribution in [2.45, 2.75) is 12.2 Å². The van der Waals surface area contributed by atoms with Gasteiger partial charge in [0.1, 0.15) is 39.9 Å². The SMILES string of the molecule is COCOCC(=O)OC(COCOC)[C@H](COCOC)OCOC. The minimum Gasteiger partial charge on any atom is -0.455 e. The summed E-state index contributed by atoms with van der Waals surface area (Å²) in [7, 11) is 5.92. The van der Waals surface area contributed by atoms with Crippen molar-refractivity contribution in [3.63, 3.8) is 0 Å². The van der Waals surface area contributed by atoms with Crippen LogP contribution in [0.4, 0.5) is 0 Å². The van der Waals surface area contributed by atoms with Crippen LogP contribution in [0.3, 0.4) is 0 Å². The Morgan fingerprint density at radius 1 is 0.708 bits per heavy atom. The summed E-state index contributed by atoms with van der Waals surface area (Å²) in [5, 5.41) is 0. The second kappa shape index (κ2) is 17.0. The lowest BCUT2D eigenvalue weighted by molar-refractivity contribution is -0.194. The van der Waals surface area contributed by atoms with Crippen LogP contribution in [0, 0.1) is 0 Å². The lowest BCUT2D eigenvalue weighted by atomic mass is 10.2. The lowest BCUT2D eigenvalue weighted by Crippen LogP contribution is -2.41. The molecule has 0 radical (unpaired) electrons. The number of methoxy groups -OCH3 is 4. The maximum atomic E-state index is 11.8. The summed E-state index contributed by atoms with van der Waals surface area (Å²) in [5.74, 6) is -0.587. The van der Waals surface area contributed by atoms with Gasteiger partial charge in [-0.05, 0) is 0 Å². The Labute approximate surface area is 142 Å². The fourth-order valence-electron chi connectivity index (χ4n) is 1.54. The van der Waals surface area contributed by atoms with Gasteiger partial charge in [-0.1, -0.05) is 0 Å². The molecule has 2 atom stereocenters. The Morgan fingerprint density at radius 2 is 1.21 bits per heavy atom. The van der Waals surface area contributed by atoms with Crippen molar-refractivity contribution in [1.82, 2.24) is 0 Å². The molecule has 0 aliphatic heterocycles. The number of hydrogen-bond acceptors (Lipinski definition) is 10. The molecule has 0 fully saturated rings. The van der Waals surface area contributed by atoms with Crippen molar-refractivity contribution in [3.05, 3.63) is 0 Å². The molecule has 0 spiro atoms. The normalized spacial score (nSPS) is 13.7. The number of carbonyl (C=O) groups is 1. The van der Waals surface area contributed by atoms with Gasteiger partial charge in [-0.2, -0.15) is 0 Å². The average molecular weight is 356 g/mol. The predicted octanol–water partition coefficient (Wildman–Crippen LogP) is -0.251. The molecule has 0 aromatic carbocycles. The molecule has 0 aliphatic rings. The first kappa shape index (κ1) is 23.1. The van der Waals surface area contributed by atoms with Crippen molar-refractivity contribution in [2.75, 3.05) is 75.4 Å². The van der Waals surface area contributed by atoms with Gasteiger partial charge in [-0.3, -0.25) is 0 Å². The van der Waals surface area contributed by atoms with E-state index in [1.165, 1.54) is 28.4 Å². The summed E-state index contributed by atoms with van der Waals surface area (Å²) < 4.78 is 45.5. The molecule has 10 nitrogen and oxygen atoms in total. The Morgan fingerprint density at radius 3 is 1.75 bits per heavy atom. The van der Waals surface area contributed by atoms with E-state index in [9.17, 15) is 4.79 Å². The Hall–Kier alpha value is -0.850. The van der Waals surface area contributed by atoms with Crippen LogP contribution in [0.25, 0.3) is 0 Å². The average Bonchev–Trinajstić information content (AvgIpc) is 2.57. The van der Waals surface area contributed by atoms with E-state index in [0.29, 0.717) is 0 Å². The topological polar surface area (TPSA) is 100 Å². The quantitative estimate of drug-likeness (QED) is 0.197. The van der Waals surface area contributed by atoms with E-state index in [1.54, 1.807) is 0 Å². The minimum absolute atomic E-state index is 0.000484. The zero-order valence-electron chi connectivity index (χ0n) is 14.7. The summed E-state index contributed by atoms with van der Waals surface area (Å²) in [5.41, 5.74) is 0. The maximum Gasteiger partial charge on any atom is 0.332 e. The number of esters is 1. The van der Waals surface area contributed by atoms with Crippen LogP contribution < -0.4 is 0 Å². The highest BCUT2D eigenvalue weighted by Crippen LogP contribution is 2.08. The first-order chi connectivity index (χ1) is 11.7. The highest BCUT2D eigenvalue weighted by atomic mass is 16.7. The predicted molar refractivity (Wildman–Crippen MR) is 80.1 cm³/mol. The van der Waals surface area contributed by atoms with Crippen LogP contribution in [0.15, 0.2) is 0 Å². The fourth-order valence-corrected chi connectivity index (χ4v) is 1.54. The second-order valence-electron chi connectivity index (χ2n) is 4.45. The van der Waals surface area contributed by atoms with Crippen molar-refractivity contribution >= 4 is 5.97 Å². The van der Waals surface area contributed by atoms with Crippen molar-refractivity contribution in [2.24, 2.45) is 0 Å². The van der Waals surface area contributed by atoms with Gasteiger partial charge >= 0.3 is 5.97 Å². The molecule has 0 heterocycles. The van der Waals surface area contributed by atoms with Crippen LogP contribution in [-0.2, 0) is 47.4 Å². The van der Waals surface area contributed by atoms with Gasteiger partial charge in [0.25, 0.3) is 0 Å². The standard InChI is InChI=1S/C14H28O10/c1-16-8-20-5-12(23-11-19-4)13(6-21-9-17-2)24-14(15)7-22-10-18-3/h12-13H,5-11H2,1-4H3/t12-,13?/m0/s1. The van der Waals surface area contributed by atoms with E-state index in [2.05, 4.69) is 0 Å². The van der Waals surface area contributed by atoms with E-state index in [4.69, 9.17) is 42.6 Å². The van der Waals surface area contributed by atoms with Gasteiger partial charge in [0, 0.05) is 28.4 Å². The molecule has 1 unspecified atom stereocenters. The highest BCUT2D eigenvalue weighted by molar-refractivity contribution is 5.70. The number of ether oxygens (including phenoxy) is 9. The van der Waals surface area contributed by atoms with Crippen LogP contribution >= 0.6 is 0 Å². The van der Waals surface area contributed by atoms with Crippen molar-refractivity contribution in [3.8, 4) is 0 Å². The molecule has 24 heavy (non-hydrogen) atoms. The fraction of sp³-hybridized carbons (Fsp3) is 0.929. The Bertz CT molecular complexity index is 289. The summed E-state index contributed by atoms with van der Waals surface area (Å²) >= 11 is 0. The summed E-state index contributed by atoms with van der Waals surface area (Å²) in [6, 6.07) is 0. The zero-order valence-corrected chi connectivity index (χ0v) is 14.7. The summed E-state index contributed by atoms with van der Waals surface area (Å²) in [6.45, 7) is 0.0110. The van der Waals surface area contributed by atoms with E-state index >= 15 is 0 Å². The van der Waals surface area contributed by atoms with Gasteiger partial charge in [0.15, 0.2) is 6.10 Å². The Balaban J connectivity index is 4.62. The highest BCUT2D eigenvalue weighted by Gasteiger charge is 2.27. The Kier molecular flexibility index (Phi) is 16.4. The van der Waals surface area contributed by atoms with E-state index < -0.39 is 18.2 Å². The zero-order chi connectivity index (χ0) is 18.0. The van der Waals surface area contributed by atoms with Crippen molar-refractivity contribution in [1.29, 1.82) is 0 Å². The first-order valence-electron chi connectivity index (χ1n) is 7.19. The van der Waals surface area contributed by atoms with Crippen LogP contribution in [0.5, 0.6) is 0 Å². The summed E-state index contributed by atoms with van der Waals surface area (Å²) in [6.07, 6.45) is -1.37. The van der Waals surface area contributed by atoms with Gasteiger partial charge < -0.3 is 42.6 Å². The monoisotopic (exact) mass is 356 g/mol. The molecule has 0 saturated heterocycles. The number of hydrogen-bond donors (Lipinski definition) is 0. The summed E-state index contributed by atoms with van der Waals surface area (Å²) in [4.78, 5) is 11.8. The molecule has 0 aliphatic carbocycles. The third-order valence-electron chi connectivity index (χ3n) is 2.49. The van der Waals surface area contributed by atoms with Gasteiger partial charge in [-0.25, -0.2) is 4.79 Å². The molecule has 0 aromatic heterocycles. The maximum absolute atomic E-state index is 11.8. The smallest absolute Gasteiger partial charge is 0.332 e. The number of rotatable bonds is 17. The largest absolute Gasteiger partial charge is 0.455 e. The molecule has 0 bridgehead atoms. The lowest BCUT2D eigenvalue weighted by Gasteiger charge is -2.26. The first-order valence-corrected chi connectivity index (χ1v) is 7.19. The van der Waals surface area contributed by atoms with Gasteiger partial charge in [0.2, 0.25) is 0 Å². The minimum atomic E-state index is -0.745. The van der Waals surface area contributed by atoms with Gasteiger partial charge in [0.05, 0.1) is 13.2 Å². The third kappa shape index (κ3) is 12.6. The van der Waals surface area contributed by atoms with Crippen LogP contribution in [-0.4, -0.2) is 93.6 Å². The molecule has 144 valence electrons. The molecule has 0 saturated carbocycles. The van der Waals surface area contributed by atoms with Crippen LogP contribution in [0.1, 0.15) is 0 Å². The molecule has 0 aromatic rings. The molecular weight excluding hydrogens is 328 g/mol. The van der Waals surface area contributed by atoms with Gasteiger partial charge in [-0.15, -0.1) is 0 Å². The van der Waals surface area contributed by atoms with E-state index in [-0.39, 0.29) is 47.0 Å². The molecule has 0 N–H and O–H groups in total. The molecule has 10 heteroatoms. The van der Waals surface area contributed by atoms with E-state index in [1.807, 2.05) is 0 Å². The van der Waals surface area contributed by atoms with Crippen molar-refractivity contribution < 1.29 is 47.4 Å². The molecule has 0 amide bonds. The van der Waals surface area contributed by atoms with Crippen LogP contribution in [0.2, 0.25) is 0 Å². The molecular formula is C14H28O10.